The van der Waals surface area contributed by atoms with E-state index in [0.29, 0.717) is 5.70 Å². The summed E-state index contributed by atoms with van der Waals surface area (Å²) in [6.07, 6.45) is 9.74. The van der Waals surface area contributed by atoms with Crippen LogP contribution in [0.25, 0.3) is 0 Å². The lowest BCUT2D eigenvalue weighted by Gasteiger charge is -2.28. The molecular formula is C31H46FN7. The van der Waals surface area contributed by atoms with Gasteiger partial charge in [0.05, 0.1) is 17.0 Å². The normalized spacial score (nSPS) is 13.8. The molecule has 0 saturated heterocycles. The molecule has 39 heavy (non-hydrogen) atoms. The van der Waals surface area contributed by atoms with Gasteiger partial charge < -0.3 is 20.9 Å². The number of pyridine rings is 1. The quantitative estimate of drug-likeness (QED) is 0.163. The summed E-state index contributed by atoms with van der Waals surface area (Å²) in [5.74, 6) is -0.352. The van der Waals surface area contributed by atoms with Gasteiger partial charge in [-0.3, -0.25) is 4.99 Å². The largest absolute Gasteiger partial charge is 0.384 e. The molecule has 2 unspecified atom stereocenters. The van der Waals surface area contributed by atoms with E-state index in [9.17, 15) is 9.65 Å². The highest BCUT2D eigenvalue weighted by molar-refractivity contribution is 6.00. The van der Waals surface area contributed by atoms with Crippen molar-refractivity contribution in [3.63, 3.8) is 0 Å². The first-order valence-corrected chi connectivity index (χ1v) is 13.2. The second-order valence-corrected chi connectivity index (χ2v) is 10.8. The lowest BCUT2D eigenvalue weighted by Crippen LogP contribution is -2.40. The average Bonchev–Trinajstić information content (AvgIpc) is 2.84. The Kier molecular flexibility index (Phi) is 13.2. The number of anilines is 2. The summed E-state index contributed by atoms with van der Waals surface area (Å²) in [6.45, 7) is 24.4. The molecule has 3 N–H and O–H groups in total. The van der Waals surface area contributed by atoms with E-state index in [4.69, 9.17) is 0 Å². The maximum atomic E-state index is 14.9. The zero-order chi connectivity index (χ0) is 29.8. The van der Waals surface area contributed by atoms with Crippen molar-refractivity contribution in [3.05, 3.63) is 78.7 Å². The van der Waals surface area contributed by atoms with E-state index in [1.165, 1.54) is 6.07 Å². The maximum Gasteiger partial charge on any atom is 0.166 e. The van der Waals surface area contributed by atoms with Gasteiger partial charge in [-0.15, -0.1) is 0 Å². The molecule has 8 heteroatoms. The number of nitrogens with zero attached hydrogens (tertiary/aromatic N) is 4. The van der Waals surface area contributed by atoms with Crippen molar-refractivity contribution in [1.29, 1.82) is 5.26 Å². The monoisotopic (exact) mass is 535 g/mol. The molecule has 2 atom stereocenters. The Hall–Kier alpha value is -3.86. The van der Waals surface area contributed by atoms with Gasteiger partial charge in [0.2, 0.25) is 0 Å². The highest BCUT2D eigenvalue weighted by atomic mass is 19.1. The first-order valence-electron chi connectivity index (χ1n) is 13.2. The number of allylic oxidation sites excluding steroid dienone is 5. The molecule has 0 aliphatic carbocycles. The standard InChI is InChI=1S/C31H46FN7/c1-12-14-16-39(11)28(27(34-10)15-13-2)17-21(3)36-29-25(20-33)18-26(32)30(38-29)37-24(6)23(5)35-22(4)19-31(7,8)9/h12,14,16-18,23-24,35H,1,3-4,13,15,19H2,2,5-11H3,(H2,36,37,38)/b16-14-,28-17+,34-27-. The van der Waals surface area contributed by atoms with E-state index in [2.05, 4.69) is 73.4 Å². The van der Waals surface area contributed by atoms with E-state index in [0.717, 1.165) is 36.4 Å². The topological polar surface area (TPSA) is 88.4 Å². The molecule has 0 fully saturated rings. The fourth-order valence-electron chi connectivity index (χ4n) is 3.85. The van der Waals surface area contributed by atoms with Crippen molar-refractivity contribution in [2.24, 2.45) is 10.4 Å². The molecule has 1 heterocycles. The number of hydrogen-bond acceptors (Lipinski definition) is 7. The fourth-order valence-corrected chi connectivity index (χ4v) is 3.85. The fraction of sp³-hybridized carbons (Fsp3) is 0.452. The maximum absolute atomic E-state index is 14.9. The summed E-state index contributed by atoms with van der Waals surface area (Å²) in [6, 6.07) is 2.97. The van der Waals surface area contributed by atoms with Gasteiger partial charge in [-0.05, 0) is 50.3 Å². The second-order valence-electron chi connectivity index (χ2n) is 10.8. The Morgan fingerprint density at radius 3 is 2.46 bits per heavy atom. The summed E-state index contributed by atoms with van der Waals surface area (Å²) >= 11 is 0. The van der Waals surface area contributed by atoms with Crippen molar-refractivity contribution in [1.82, 2.24) is 15.2 Å². The van der Waals surface area contributed by atoms with E-state index in [1.807, 2.05) is 50.2 Å². The third-order valence-corrected chi connectivity index (χ3v) is 5.85. The first-order chi connectivity index (χ1) is 18.3. The second kappa shape index (κ2) is 15.5. The first kappa shape index (κ1) is 33.2. The molecule has 0 spiro atoms. The minimum atomic E-state index is -0.607. The van der Waals surface area contributed by atoms with Gasteiger partial charge in [-0.2, -0.15) is 5.26 Å². The van der Waals surface area contributed by atoms with Crippen LogP contribution in [0.4, 0.5) is 16.0 Å². The van der Waals surface area contributed by atoms with E-state index >= 15 is 0 Å². The average molecular weight is 536 g/mol. The van der Waals surface area contributed by atoms with Gasteiger partial charge in [-0.25, -0.2) is 9.37 Å². The molecule has 1 rings (SSSR count). The third-order valence-electron chi connectivity index (χ3n) is 5.85. The van der Waals surface area contributed by atoms with E-state index < -0.39 is 5.82 Å². The summed E-state index contributed by atoms with van der Waals surface area (Å²) in [5, 5.41) is 19.3. The molecule has 1 aromatic heterocycles. The number of aromatic nitrogens is 1. The lowest BCUT2D eigenvalue weighted by atomic mass is 9.90. The van der Waals surface area contributed by atoms with E-state index in [1.54, 1.807) is 13.1 Å². The number of hydrogen-bond donors (Lipinski definition) is 3. The van der Waals surface area contributed by atoms with Crippen LogP contribution in [-0.2, 0) is 0 Å². The molecule has 0 radical (unpaired) electrons. The van der Waals surface area contributed by atoms with Crippen LogP contribution in [0.1, 0.15) is 66.4 Å². The third kappa shape index (κ3) is 11.2. The number of aliphatic imine (C=N–C) groups is 1. The molecule has 0 aliphatic heterocycles. The Morgan fingerprint density at radius 1 is 1.26 bits per heavy atom. The highest BCUT2D eigenvalue weighted by Gasteiger charge is 2.20. The summed E-state index contributed by atoms with van der Waals surface area (Å²) in [7, 11) is 3.66. The van der Waals surface area contributed by atoms with Crippen molar-refractivity contribution >= 4 is 17.3 Å². The van der Waals surface area contributed by atoms with Gasteiger partial charge in [0.25, 0.3) is 0 Å². The van der Waals surface area contributed by atoms with Gasteiger partial charge in [0.1, 0.15) is 6.07 Å². The predicted octanol–water partition coefficient (Wildman–Crippen LogP) is 7.13. The summed E-state index contributed by atoms with van der Waals surface area (Å²) in [4.78, 5) is 10.8. The van der Waals surface area contributed by atoms with Crippen LogP contribution in [0, 0.1) is 22.6 Å². The Balaban J connectivity index is 3.24. The molecule has 0 amide bonds. The van der Waals surface area contributed by atoms with Crippen molar-refractivity contribution < 1.29 is 4.39 Å². The molecule has 0 aliphatic rings. The molecule has 0 saturated carbocycles. The molecule has 1 aromatic rings. The van der Waals surface area contributed by atoms with Crippen molar-refractivity contribution in [2.75, 3.05) is 24.7 Å². The van der Waals surface area contributed by atoms with Gasteiger partial charge in [0, 0.05) is 43.8 Å². The zero-order valence-corrected chi connectivity index (χ0v) is 25.0. The molecule has 0 bridgehead atoms. The SMILES string of the molecule is C=C/C=C\N(C)C(=C/C(=C)Nc1nc(NC(C)C(C)NC(=C)CC(C)(C)C)c(F)cc1C#N)/C(CCC)=N\C. The predicted molar refractivity (Wildman–Crippen MR) is 164 cm³/mol. The van der Waals surface area contributed by atoms with Crippen molar-refractivity contribution in [2.45, 2.75) is 72.9 Å². The number of rotatable bonds is 15. The van der Waals surface area contributed by atoms with E-state index in [-0.39, 0.29) is 34.7 Å². The Labute approximate surface area is 235 Å². The molecule has 0 aromatic carbocycles. The smallest absolute Gasteiger partial charge is 0.166 e. The Bertz CT molecular complexity index is 1150. The summed E-state index contributed by atoms with van der Waals surface area (Å²) in [5.41, 5.74) is 3.31. The van der Waals surface area contributed by atoms with Crippen molar-refractivity contribution in [3.8, 4) is 6.07 Å². The van der Waals surface area contributed by atoms with Gasteiger partial charge in [-0.1, -0.05) is 59.9 Å². The molecule has 212 valence electrons. The van der Waals surface area contributed by atoms with Crippen LogP contribution in [0.15, 0.2) is 72.3 Å². The Morgan fingerprint density at radius 2 is 1.92 bits per heavy atom. The van der Waals surface area contributed by atoms with Crippen LogP contribution in [0.3, 0.4) is 0 Å². The molecule has 7 nitrogen and oxygen atoms in total. The van der Waals surface area contributed by atoms with Gasteiger partial charge >= 0.3 is 0 Å². The minimum Gasteiger partial charge on any atom is -0.384 e. The zero-order valence-electron chi connectivity index (χ0n) is 25.0. The van der Waals surface area contributed by atoms with Crippen LogP contribution >= 0.6 is 0 Å². The van der Waals surface area contributed by atoms with Crippen LogP contribution < -0.4 is 16.0 Å². The van der Waals surface area contributed by atoms with Crippen LogP contribution in [0.5, 0.6) is 0 Å². The lowest BCUT2D eigenvalue weighted by molar-refractivity contribution is 0.388. The minimum absolute atomic E-state index is 0.0435. The highest BCUT2D eigenvalue weighted by Crippen LogP contribution is 2.24. The van der Waals surface area contributed by atoms with Crippen LogP contribution in [0.2, 0.25) is 0 Å². The number of nitriles is 1. The molecular weight excluding hydrogens is 489 g/mol. The number of nitrogens with one attached hydrogen (secondary N) is 3. The number of halogens is 1. The summed E-state index contributed by atoms with van der Waals surface area (Å²) < 4.78 is 14.9. The van der Waals surface area contributed by atoms with Crippen LogP contribution in [-0.4, -0.2) is 41.8 Å². The van der Waals surface area contributed by atoms with Gasteiger partial charge in [0.15, 0.2) is 17.5 Å².